The number of nitrogens with zero attached hydrogens (tertiary/aromatic N) is 1. The van der Waals surface area contributed by atoms with Crippen LogP contribution in [0.15, 0.2) is 48.5 Å². The van der Waals surface area contributed by atoms with Crippen LogP contribution in [-0.2, 0) is 14.6 Å². The Morgan fingerprint density at radius 1 is 0.931 bits per heavy atom. The molecule has 2 aromatic carbocycles. The second-order valence-electron chi connectivity index (χ2n) is 6.66. The molecule has 0 saturated heterocycles. The van der Waals surface area contributed by atoms with Crippen molar-refractivity contribution in [3.05, 3.63) is 65.5 Å². The van der Waals surface area contributed by atoms with E-state index in [1.807, 2.05) is 0 Å². The maximum absolute atomic E-state index is 12.9. The molecule has 0 radical (unpaired) electrons. The molecule has 1 aliphatic heterocycles. The van der Waals surface area contributed by atoms with E-state index in [1.165, 1.54) is 12.1 Å². The molecular formula is C20H19FN2O5S. The average Bonchev–Trinajstić information content (AvgIpc) is 2.91. The molecule has 3 amide bonds. The largest absolute Gasteiger partial charge is 0.325 e. The van der Waals surface area contributed by atoms with Crippen LogP contribution >= 0.6 is 0 Å². The zero-order valence-corrected chi connectivity index (χ0v) is 16.2. The maximum Gasteiger partial charge on any atom is 0.261 e. The van der Waals surface area contributed by atoms with E-state index in [1.54, 1.807) is 24.3 Å². The number of sulfone groups is 1. The highest BCUT2D eigenvalue weighted by atomic mass is 32.2. The monoisotopic (exact) mass is 418 g/mol. The molecule has 3 rings (SSSR count). The third-order valence-electron chi connectivity index (χ3n) is 4.44. The van der Waals surface area contributed by atoms with Crippen molar-refractivity contribution in [1.29, 1.82) is 0 Å². The van der Waals surface area contributed by atoms with Crippen molar-refractivity contribution in [1.82, 2.24) is 4.90 Å². The molecule has 2 aromatic rings. The molecule has 0 unspecified atom stereocenters. The fraction of sp³-hybridized carbons (Fsp3) is 0.250. The lowest BCUT2D eigenvalue weighted by Crippen LogP contribution is -2.31. The highest BCUT2D eigenvalue weighted by Gasteiger charge is 2.34. The number of hydrogen-bond donors (Lipinski definition) is 1. The smallest absolute Gasteiger partial charge is 0.261 e. The number of amides is 3. The number of halogens is 1. The van der Waals surface area contributed by atoms with E-state index in [9.17, 15) is 27.2 Å². The highest BCUT2D eigenvalue weighted by Crippen LogP contribution is 2.22. The first-order valence-corrected chi connectivity index (χ1v) is 10.8. The molecule has 0 atom stereocenters. The quantitative estimate of drug-likeness (QED) is 0.524. The van der Waals surface area contributed by atoms with E-state index in [-0.39, 0.29) is 30.5 Å². The van der Waals surface area contributed by atoms with Gasteiger partial charge in [0.05, 0.1) is 16.9 Å². The standard InChI is InChI=1S/C20H19FN2O5S/c21-14-7-9-15(10-8-14)22-18(24)13-29(27,28)12-4-3-11-23-19(25)16-5-1-2-6-17(16)20(23)26/h1-2,5-10H,3-4,11-13H2,(H,22,24). The van der Waals surface area contributed by atoms with Crippen LogP contribution in [0.25, 0.3) is 0 Å². The maximum atomic E-state index is 12.9. The third kappa shape index (κ3) is 5.05. The van der Waals surface area contributed by atoms with Gasteiger partial charge >= 0.3 is 0 Å². The molecular weight excluding hydrogens is 399 g/mol. The topological polar surface area (TPSA) is 101 Å². The molecule has 9 heteroatoms. The van der Waals surface area contributed by atoms with Crippen LogP contribution < -0.4 is 5.32 Å². The first-order chi connectivity index (χ1) is 13.8. The van der Waals surface area contributed by atoms with Gasteiger partial charge in [0.25, 0.3) is 11.8 Å². The molecule has 1 heterocycles. The molecule has 0 aromatic heterocycles. The number of hydrogen-bond acceptors (Lipinski definition) is 5. The molecule has 152 valence electrons. The van der Waals surface area contributed by atoms with E-state index in [4.69, 9.17) is 0 Å². The molecule has 1 N–H and O–H groups in total. The second-order valence-corrected chi connectivity index (χ2v) is 8.85. The minimum absolute atomic E-state index is 0.115. The van der Waals surface area contributed by atoms with Crippen LogP contribution in [0.2, 0.25) is 0 Å². The molecule has 0 bridgehead atoms. The van der Waals surface area contributed by atoms with Crippen molar-refractivity contribution in [2.45, 2.75) is 12.8 Å². The molecule has 0 fully saturated rings. The number of anilines is 1. The molecule has 7 nitrogen and oxygen atoms in total. The first-order valence-electron chi connectivity index (χ1n) is 8.98. The van der Waals surface area contributed by atoms with Gasteiger partial charge in [-0.3, -0.25) is 19.3 Å². The van der Waals surface area contributed by atoms with E-state index in [0.29, 0.717) is 23.2 Å². The van der Waals surface area contributed by atoms with Gasteiger partial charge in [0.2, 0.25) is 5.91 Å². The van der Waals surface area contributed by atoms with E-state index < -0.39 is 27.3 Å². The SMILES string of the molecule is O=C(CS(=O)(=O)CCCCN1C(=O)c2ccccc2C1=O)Nc1ccc(F)cc1. The minimum atomic E-state index is -3.66. The zero-order chi connectivity index (χ0) is 21.0. The van der Waals surface area contributed by atoms with Crippen molar-refractivity contribution in [3.8, 4) is 0 Å². The van der Waals surface area contributed by atoms with Crippen LogP contribution in [0.1, 0.15) is 33.6 Å². The van der Waals surface area contributed by atoms with Gasteiger partial charge in [0.1, 0.15) is 11.6 Å². The van der Waals surface area contributed by atoms with Crippen molar-refractivity contribution in [2.75, 3.05) is 23.4 Å². The van der Waals surface area contributed by atoms with E-state index in [0.717, 1.165) is 17.0 Å². The number of carbonyl (C=O) groups excluding carboxylic acids is 3. The van der Waals surface area contributed by atoms with E-state index >= 15 is 0 Å². The normalized spacial score (nSPS) is 13.5. The van der Waals surface area contributed by atoms with Crippen LogP contribution in [0.3, 0.4) is 0 Å². The van der Waals surface area contributed by atoms with Crippen LogP contribution in [0.5, 0.6) is 0 Å². The summed E-state index contributed by atoms with van der Waals surface area (Å²) in [7, 11) is -3.66. The summed E-state index contributed by atoms with van der Waals surface area (Å²) in [4.78, 5) is 37.5. The van der Waals surface area contributed by atoms with Gasteiger partial charge < -0.3 is 5.32 Å². The predicted molar refractivity (Wildman–Crippen MR) is 105 cm³/mol. The van der Waals surface area contributed by atoms with Gasteiger partial charge in [0.15, 0.2) is 9.84 Å². The van der Waals surface area contributed by atoms with E-state index in [2.05, 4.69) is 5.32 Å². The number of rotatable bonds is 8. The number of fused-ring (bicyclic) bond motifs is 1. The minimum Gasteiger partial charge on any atom is -0.325 e. The Hall–Kier alpha value is -3.07. The van der Waals surface area contributed by atoms with Gasteiger partial charge in [-0.15, -0.1) is 0 Å². The summed E-state index contributed by atoms with van der Waals surface area (Å²) < 4.78 is 37.1. The summed E-state index contributed by atoms with van der Waals surface area (Å²) in [6, 6.07) is 11.5. The Morgan fingerprint density at radius 3 is 2.10 bits per heavy atom. The van der Waals surface area contributed by atoms with Crippen LogP contribution in [0, 0.1) is 5.82 Å². The third-order valence-corrected chi connectivity index (χ3v) is 6.06. The molecule has 1 aliphatic rings. The fourth-order valence-electron chi connectivity index (χ4n) is 3.04. The Labute approximate surface area is 167 Å². The van der Waals surface area contributed by atoms with Crippen LogP contribution in [0.4, 0.5) is 10.1 Å². The highest BCUT2D eigenvalue weighted by molar-refractivity contribution is 7.92. The summed E-state index contributed by atoms with van der Waals surface area (Å²) in [6.07, 6.45) is 0.518. The van der Waals surface area contributed by atoms with Crippen LogP contribution in [-0.4, -0.2) is 49.1 Å². The fourth-order valence-corrected chi connectivity index (χ4v) is 4.30. The zero-order valence-electron chi connectivity index (χ0n) is 15.4. The van der Waals surface area contributed by atoms with Crippen molar-refractivity contribution in [2.24, 2.45) is 0 Å². The number of nitrogens with one attached hydrogen (secondary N) is 1. The lowest BCUT2D eigenvalue weighted by Gasteiger charge is -2.13. The Kier molecular flexibility index (Phi) is 6.07. The number of carbonyl (C=O) groups is 3. The van der Waals surface area contributed by atoms with Gasteiger partial charge in [-0.2, -0.15) is 0 Å². The number of unbranched alkanes of at least 4 members (excludes halogenated alkanes) is 1. The number of imide groups is 1. The lowest BCUT2D eigenvalue weighted by molar-refractivity contribution is -0.113. The summed E-state index contributed by atoms with van der Waals surface area (Å²) in [5.41, 5.74) is 1.00. The Bertz CT molecular complexity index is 1020. The molecule has 0 spiro atoms. The van der Waals surface area contributed by atoms with Gasteiger partial charge in [-0.05, 0) is 49.2 Å². The molecule has 0 aliphatic carbocycles. The Morgan fingerprint density at radius 2 is 1.52 bits per heavy atom. The summed E-state index contributed by atoms with van der Waals surface area (Å²) in [5, 5.41) is 2.40. The summed E-state index contributed by atoms with van der Waals surface area (Å²) in [6.45, 7) is 0.115. The first kappa shape index (κ1) is 20.7. The number of benzene rings is 2. The average molecular weight is 418 g/mol. The summed E-state index contributed by atoms with van der Waals surface area (Å²) in [5.74, 6) is -2.88. The lowest BCUT2D eigenvalue weighted by atomic mass is 10.1. The summed E-state index contributed by atoms with van der Waals surface area (Å²) >= 11 is 0. The van der Waals surface area contributed by atoms with Gasteiger partial charge in [-0.25, -0.2) is 12.8 Å². The van der Waals surface area contributed by atoms with Crippen molar-refractivity contribution in [3.63, 3.8) is 0 Å². The predicted octanol–water partition coefficient (Wildman–Crippen LogP) is 2.26. The van der Waals surface area contributed by atoms with Gasteiger partial charge in [-0.1, -0.05) is 12.1 Å². The van der Waals surface area contributed by atoms with Gasteiger partial charge in [0, 0.05) is 12.2 Å². The van der Waals surface area contributed by atoms with Crippen molar-refractivity contribution < 1.29 is 27.2 Å². The second kappa shape index (κ2) is 8.52. The van der Waals surface area contributed by atoms with Crippen molar-refractivity contribution >= 4 is 33.2 Å². The Balaban J connectivity index is 1.45. The molecule has 0 saturated carbocycles. The molecule has 29 heavy (non-hydrogen) atoms.